The van der Waals surface area contributed by atoms with Crippen molar-refractivity contribution in [1.29, 1.82) is 0 Å². The van der Waals surface area contributed by atoms with Crippen molar-refractivity contribution in [3.8, 4) is 5.75 Å². The Morgan fingerprint density at radius 1 is 1.04 bits per heavy atom. The molecule has 0 radical (unpaired) electrons. The summed E-state index contributed by atoms with van der Waals surface area (Å²) in [5.41, 5.74) is -0.670. The topological polar surface area (TPSA) is 39.4 Å². The molecule has 0 aliphatic heterocycles. The van der Waals surface area contributed by atoms with Crippen LogP contribution < -0.4 is 10.4 Å². The molecule has 2 aromatic rings. The molecule has 0 unspecified atom stereocenters. The Morgan fingerprint density at radius 2 is 1.68 bits per heavy atom. The van der Waals surface area contributed by atoms with Gasteiger partial charge in [-0.15, -0.1) is 6.58 Å². The van der Waals surface area contributed by atoms with E-state index in [1.807, 2.05) is 0 Å². The molecular formula is C24H33FO3. The smallest absolute Gasteiger partial charge is 0.346 e. The Balaban J connectivity index is 1.75. The van der Waals surface area contributed by atoms with E-state index in [4.69, 9.17) is 9.15 Å². The van der Waals surface area contributed by atoms with Crippen LogP contribution in [-0.2, 0) is 6.42 Å². The van der Waals surface area contributed by atoms with Crippen molar-refractivity contribution in [3.05, 3.63) is 52.9 Å². The van der Waals surface area contributed by atoms with Crippen LogP contribution in [0.5, 0.6) is 5.75 Å². The number of unbranched alkanes of at least 4 members (excludes halogenated alkanes) is 9. The van der Waals surface area contributed by atoms with Crippen molar-refractivity contribution in [3.63, 3.8) is 0 Å². The third-order valence-electron chi connectivity index (χ3n) is 4.98. The first-order chi connectivity index (χ1) is 13.7. The highest BCUT2D eigenvalue weighted by molar-refractivity contribution is 5.83. The minimum atomic E-state index is -0.670. The van der Waals surface area contributed by atoms with Gasteiger partial charge in [0.2, 0.25) is 0 Å². The second kappa shape index (κ2) is 12.4. The third-order valence-corrected chi connectivity index (χ3v) is 4.98. The minimum Gasteiger partial charge on any atom is -0.490 e. The normalized spacial score (nSPS) is 11.1. The van der Waals surface area contributed by atoms with Crippen LogP contribution in [0.25, 0.3) is 10.8 Å². The van der Waals surface area contributed by atoms with Gasteiger partial charge in [0.1, 0.15) is 11.1 Å². The molecule has 0 fully saturated rings. The molecule has 0 aliphatic carbocycles. The molecule has 0 bridgehead atoms. The molecule has 28 heavy (non-hydrogen) atoms. The van der Waals surface area contributed by atoms with Crippen LogP contribution in [0.1, 0.15) is 76.9 Å². The maximum absolute atomic E-state index is 14.6. The summed E-state index contributed by atoms with van der Waals surface area (Å²) < 4.78 is 25.4. The van der Waals surface area contributed by atoms with Gasteiger partial charge in [-0.2, -0.15) is 0 Å². The van der Waals surface area contributed by atoms with E-state index in [9.17, 15) is 9.18 Å². The minimum absolute atomic E-state index is 0.0478. The van der Waals surface area contributed by atoms with Crippen LogP contribution >= 0.6 is 0 Å². The fraction of sp³-hybridized carbons (Fsp3) is 0.542. The summed E-state index contributed by atoms with van der Waals surface area (Å²) in [4.78, 5) is 12.1. The predicted octanol–water partition coefficient (Wildman–Crippen LogP) is 6.96. The monoisotopic (exact) mass is 388 g/mol. The zero-order chi connectivity index (χ0) is 20.2. The molecule has 3 nitrogen and oxygen atoms in total. The van der Waals surface area contributed by atoms with Crippen molar-refractivity contribution in [2.45, 2.75) is 77.6 Å². The standard InChI is InChI=1S/C24H33FO3/c1-3-5-6-7-8-9-10-11-12-13-17-27-21-16-15-19-18-20(14-4-2)28-24(26)22(19)23(21)25/h4,15-16,18H,2-3,5-14,17H2,1H3. The van der Waals surface area contributed by atoms with E-state index < -0.39 is 11.4 Å². The van der Waals surface area contributed by atoms with E-state index in [0.29, 0.717) is 24.2 Å². The first-order valence-corrected chi connectivity index (χ1v) is 10.7. The molecule has 0 amide bonds. The Kier molecular flexibility index (Phi) is 9.81. The average Bonchev–Trinajstić information content (AvgIpc) is 2.67. The fourth-order valence-electron chi connectivity index (χ4n) is 3.40. The number of fused-ring (bicyclic) bond motifs is 1. The molecule has 0 spiro atoms. The van der Waals surface area contributed by atoms with Crippen molar-refractivity contribution < 1.29 is 13.5 Å². The number of hydrogen-bond donors (Lipinski definition) is 0. The van der Waals surface area contributed by atoms with Gasteiger partial charge in [-0.1, -0.05) is 76.9 Å². The van der Waals surface area contributed by atoms with E-state index in [2.05, 4.69) is 13.5 Å². The first kappa shape index (κ1) is 22.2. The Morgan fingerprint density at radius 3 is 2.32 bits per heavy atom. The summed E-state index contributed by atoms with van der Waals surface area (Å²) in [7, 11) is 0. The Bertz CT molecular complexity index is 794. The molecule has 1 aromatic heterocycles. The summed E-state index contributed by atoms with van der Waals surface area (Å²) in [6, 6.07) is 4.97. The number of ether oxygens (including phenoxy) is 1. The summed E-state index contributed by atoms with van der Waals surface area (Å²) in [6.45, 7) is 6.32. The summed E-state index contributed by atoms with van der Waals surface area (Å²) in [5.74, 6) is -0.0402. The summed E-state index contributed by atoms with van der Waals surface area (Å²) >= 11 is 0. The lowest BCUT2D eigenvalue weighted by molar-refractivity contribution is 0.291. The van der Waals surface area contributed by atoms with E-state index in [-0.39, 0.29) is 11.1 Å². The molecule has 1 heterocycles. The first-order valence-electron chi connectivity index (χ1n) is 10.7. The van der Waals surface area contributed by atoms with Crippen LogP contribution in [-0.4, -0.2) is 6.61 Å². The van der Waals surface area contributed by atoms with Gasteiger partial charge < -0.3 is 9.15 Å². The Labute approximate surface area is 167 Å². The number of hydrogen-bond acceptors (Lipinski definition) is 3. The van der Waals surface area contributed by atoms with Gasteiger partial charge in [-0.05, 0) is 23.9 Å². The zero-order valence-corrected chi connectivity index (χ0v) is 17.1. The second-order valence-electron chi connectivity index (χ2n) is 7.37. The third kappa shape index (κ3) is 6.81. The molecule has 2 rings (SSSR count). The SMILES string of the molecule is C=CCc1cc2ccc(OCCCCCCCCCCCC)c(F)c2c(=O)o1. The van der Waals surface area contributed by atoms with Gasteiger partial charge in [0.25, 0.3) is 0 Å². The maximum atomic E-state index is 14.6. The largest absolute Gasteiger partial charge is 0.490 e. The molecule has 0 saturated carbocycles. The van der Waals surface area contributed by atoms with Crippen molar-refractivity contribution in [2.24, 2.45) is 0 Å². The van der Waals surface area contributed by atoms with Crippen molar-refractivity contribution in [2.75, 3.05) is 6.61 Å². The highest BCUT2D eigenvalue weighted by atomic mass is 19.1. The number of allylic oxidation sites excluding steroid dienone is 1. The second-order valence-corrected chi connectivity index (χ2v) is 7.37. The molecule has 0 aliphatic rings. The van der Waals surface area contributed by atoms with Crippen LogP contribution in [0, 0.1) is 5.82 Å². The predicted molar refractivity (Wildman–Crippen MR) is 114 cm³/mol. The van der Waals surface area contributed by atoms with Crippen LogP contribution in [0.2, 0.25) is 0 Å². The van der Waals surface area contributed by atoms with Gasteiger partial charge in [0.15, 0.2) is 11.6 Å². The average molecular weight is 389 g/mol. The van der Waals surface area contributed by atoms with Crippen LogP contribution in [0.4, 0.5) is 4.39 Å². The van der Waals surface area contributed by atoms with Gasteiger partial charge in [0, 0.05) is 6.42 Å². The quantitative estimate of drug-likeness (QED) is 0.259. The van der Waals surface area contributed by atoms with E-state index in [1.54, 1.807) is 24.3 Å². The Hall–Kier alpha value is -2.10. The highest BCUT2D eigenvalue weighted by Gasteiger charge is 2.14. The molecular weight excluding hydrogens is 355 g/mol. The summed E-state index contributed by atoms with van der Waals surface area (Å²) in [6.07, 6.45) is 14.5. The molecule has 0 atom stereocenters. The summed E-state index contributed by atoms with van der Waals surface area (Å²) in [5, 5.41) is 0.477. The number of rotatable bonds is 14. The van der Waals surface area contributed by atoms with Gasteiger partial charge in [0.05, 0.1) is 6.61 Å². The van der Waals surface area contributed by atoms with Crippen molar-refractivity contribution >= 4 is 10.8 Å². The van der Waals surface area contributed by atoms with Crippen LogP contribution in [0.3, 0.4) is 0 Å². The maximum Gasteiger partial charge on any atom is 0.346 e. The molecule has 0 saturated heterocycles. The number of halogens is 1. The zero-order valence-electron chi connectivity index (χ0n) is 17.1. The lowest BCUT2D eigenvalue weighted by Crippen LogP contribution is -2.06. The molecule has 0 N–H and O–H groups in total. The van der Waals surface area contributed by atoms with E-state index in [1.165, 1.54) is 51.4 Å². The lowest BCUT2D eigenvalue weighted by atomic mass is 10.1. The van der Waals surface area contributed by atoms with Crippen molar-refractivity contribution in [1.82, 2.24) is 0 Å². The van der Waals surface area contributed by atoms with E-state index >= 15 is 0 Å². The molecule has 154 valence electrons. The highest BCUT2D eigenvalue weighted by Crippen LogP contribution is 2.25. The van der Waals surface area contributed by atoms with Gasteiger partial charge in [-0.25, -0.2) is 9.18 Å². The lowest BCUT2D eigenvalue weighted by Gasteiger charge is -2.09. The van der Waals surface area contributed by atoms with E-state index in [0.717, 1.165) is 12.8 Å². The fourth-order valence-corrected chi connectivity index (χ4v) is 3.40. The van der Waals surface area contributed by atoms with Gasteiger partial charge in [-0.3, -0.25) is 0 Å². The van der Waals surface area contributed by atoms with Crippen LogP contribution in [0.15, 0.2) is 40.1 Å². The molecule has 4 heteroatoms. The number of benzene rings is 1. The van der Waals surface area contributed by atoms with Gasteiger partial charge >= 0.3 is 5.63 Å². The molecule has 1 aromatic carbocycles.